The first-order chi connectivity index (χ1) is 18.5. The number of hydrogen-bond acceptors (Lipinski definition) is 9. The van der Waals surface area contributed by atoms with Crippen molar-refractivity contribution in [3.05, 3.63) is 34.9 Å². The Morgan fingerprint density at radius 2 is 1.67 bits per heavy atom. The van der Waals surface area contributed by atoms with Crippen LogP contribution in [0.25, 0.3) is 0 Å². The van der Waals surface area contributed by atoms with Crippen LogP contribution in [-0.2, 0) is 29.0 Å². The van der Waals surface area contributed by atoms with Crippen LogP contribution in [0.1, 0.15) is 43.4 Å². The van der Waals surface area contributed by atoms with Crippen molar-refractivity contribution in [3.8, 4) is 0 Å². The summed E-state index contributed by atoms with van der Waals surface area (Å²) < 4.78 is 31.7. The zero-order chi connectivity index (χ0) is 28.6. The normalized spacial score (nSPS) is 16.7. The van der Waals surface area contributed by atoms with Crippen LogP contribution in [0.2, 0.25) is 0 Å². The number of benzene rings is 1. The number of carboxylic acids is 1. The number of aliphatic carboxylic acids is 1. The molecule has 1 aromatic carbocycles. The Hall–Kier alpha value is -3.68. The lowest BCUT2D eigenvalue weighted by Gasteiger charge is -2.43. The predicted octanol–water partition coefficient (Wildman–Crippen LogP) is 2.34. The lowest BCUT2D eigenvalue weighted by Crippen LogP contribution is -2.66. The van der Waals surface area contributed by atoms with Crippen molar-refractivity contribution in [1.82, 2.24) is 25.6 Å². The zero-order valence-corrected chi connectivity index (χ0v) is 22.3. The summed E-state index contributed by atoms with van der Waals surface area (Å²) in [5.74, 6) is -0.921. The van der Waals surface area contributed by atoms with Gasteiger partial charge < -0.3 is 31.3 Å². The van der Waals surface area contributed by atoms with Gasteiger partial charge in [-0.15, -0.1) is 0 Å². The number of carbonyl (C=O) groups is 2. The molecule has 1 amide bonds. The molecule has 0 aliphatic carbocycles. The minimum Gasteiger partial charge on any atom is -0.475 e. The van der Waals surface area contributed by atoms with Crippen LogP contribution in [0.3, 0.4) is 0 Å². The fraction of sp³-hybridized carbons (Fsp3) is 0.560. The zero-order valence-electron chi connectivity index (χ0n) is 22.3. The summed E-state index contributed by atoms with van der Waals surface area (Å²) in [5.41, 5.74) is 3.55. The van der Waals surface area contributed by atoms with Gasteiger partial charge in [0.2, 0.25) is 23.8 Å². The molecule has 2 aliphatic rings. The van der Waals surface area contributed by atoms with Crippen LogP contribution < -0.4 is 26.2 Å². The van der Waals surface area contributed by atoms with Gasteiger partial charge in [-0.25, -0.2) is 4.79 Å². The van der Waals surface area contributed by atoms with E-state index >= 15 is 0 Å². The van der Waals surface area contributed by atoms with Gasteiger partial charge in [-0.2, -0.15) is 28.1 Å². The van der Waals surface area contributed by atoms with E-state index in [0.29, 0.717) is 44.0 Å². The van der Waals surface area contributed by atoms with E-state index in [-0.39, 0.29) is 5.91 Å². The van der Waals surface area contributed by atoms with Crippen molar-refractivity contribution in [2.75, 3.05) is 48.8 Å². The minimum atomic E-state index is -5.08. The lowest BCUT2D eigenvalue weighted by atomic mass is 9.85. The van der Waals surface area contributed by atoms with E-state index < -0.39 is 17.7 Å². The van der Waals surface area contributed by atoms with Crippen LogP contribution in [0, 0.1) is 0 Å². The van der Waals surface area contributed by atoms with E-state index in [4.69, 9.17) is 14.9 Å². The Labute approximate surface area is 225 Å². The number of amides is 1. The molecule has 3 heterocycles. The maximum atomic E-state index is 12.4. The van der Waals surface area contributed by atoms with E-state index in [1.807, 2.05) is 7.05 Å². The SMILES string of the molecule is CCc1cccc(CC)c1CNc1nc(NC)nc(N2CCC3(CC2)NCCNC3=O)n1.O=C(O)C(F)(F)F. The molecule has 0 radical (unpaired) electrons. The smallest absolute Gasteiger partial charge is 0.475 e. The number of carboxylic acid groups (broad SMARTS) is 1. The van der Waals surface area contributed by atoms with Gasteiger partial charge in [-0.3, -0.25) is 4.79 Å². The topological polar surface area (TPSA) is 144 Å². The first kappa shape index (κ1) is 29.9. The summed E-state index contributed by atoms with van der Waals surface area (Å²) >= 11 is 0. The van der Waals surface area contributed by atoms with Crippen molar-refractivity contribution in [3.63, 3.8) is 0 Å². The van der Waals surface area contributed by atoms with Crippen LogP contribution in [0.5, 0.6) is 0 Å². The van der Waals surface area contributed by atoms with Crippen molar-refractivity contribution in [1.29, 1.82) is 0 Å². The van der Waals surface area contributed by atoms with Crippen molar-refractivity contribution in [2.24, 2.45) is 0 Å². The average molecular weight is 553 g/mol. The largest absolute Gasteiger partial charge is 0.490 e. The number of nitrogens with one attached hydrogen (secondary N) is 4. The van der Waals surface area contributed by atoms with Gasteiger partial charge in [0.15, 0.2) is 0 Å². The van der Waals surface area contributed by atoms with Gasteiger partial charge >= 0.3 is 12.1 Å². The quantitative estimate of drug-likeness (QED) is 0.347. The highest BCUT2D eigenvalue weighted by Gasteiger charge is 2.43. The average Bonchev–Trinajstić information content (AvgIpc) is 2.93. The fourth-order valence-corrected chi connectivity index (χ4v) is 4.66. The predicted molar refractivity (Wildman–Crippen MR) is 141 cm³/mol. The summed E-state index contributed by atoms with van der Waals surface area (Å²) in [6, 6.07) is 6.51. The number of hydrogen-bond donors (Lipinski definition) is 5. The van der Waals surface area contributed by atoms with Crippen molar-refractivity contribution < 1.29 is 27.9 Å². The third-order valence-corrected chi connectivity index (χ3v) is 6.85. The Morgan fingerprint density at radius 1 is 1.08 bits per heavy atom. The number of piperidine rings is 1. The summed E-state index contributed by atoms with van der Waals surface area (Å²) in [6.45, 7) is 7.98. The number of aromatic nitrogens is 3. The number of piperazine rings is 1. The molecule has 0 unspecified atom stereocenters. The summed E-state index contributed by atoms with van der Waals surface area (Å²) in [5, 5.41) is 20.0. The molecule has 0 saturated carbocycles. The van der Waals surface area contributed by atoms with E-state index in [1.165, 1.54) is 16.7 Å². The second kappa shape index (κ2) is 12.9. The summed E-state index contributed by atoms with van der Waals surface area (Å²) in [7, 11) is 1.81. The lowest BCUT2D eigenvalue weighted by molar-refractivity contribution is -0.192. The Balaban J connectivity index is 0.000000532. The summed E-state index contributed by atoms with van der Waals surface area (Å²) in [6.07, 6.45) is -1.64. The van der Waals surface area contributed by atoms with Gasteiger partial charge in [0.05, 0.1) is 0 Å². The maximum absolute atomic E-state index is 12.4. The summed E-state index contributed by atoms with van der Waals surface area (Å²) in [4.78, 5) is 37.3. The molecule has 5 N–H and O–H groups in total. The van der Waals surface area contributed by atoms with Gasteiger partial charge in [0, 0.05) is 39.8 Å². The molecule has 1 spiro atoms. The molecule has 214 valence electrons. The molecule has 1 aromatic heterocycles. The van der Waals surface area contributed by atoms with E-state index in [1.54, 1.807) is 0 Å². The highest BCUT2D eigenvalue weighted by molar-refractivity contribution is 5.87. The molecular weight excluding hydrogens is 517 g/mol. The maximum Gasteiger partial charge on any atom is 0.490 e. The first-order valence-electron chi connectivity index (χ1n) is 12.9. The number of aryl methyl sites for hydroxylation is 2. The number of halogens is 3. The van der Waals surface area contributed by atoms with E-state index in [0.717, 1.165) is 32.2 Å². The molecule has 2 fully saturated rings. The number of anilines is 3. The third-order valence-electron chi connectivity index (χ3n) is 6.85. The van der Waals surface area contributed by atoms with Crippen LogP contribution >= 0.6 is 0 Å². The van der Waals surface area contributed by atoms with Crippen molar-refractivity contribution in [2.45, 2.75) is 57.8 Å². The van der Waals surface area contributed by atoms with Crippen LogP contribution in [-0.4, -0.2) is 76.9 Å². The molecule has 14 heteroatoms. The van der Waals surface area contributed by atoms with E-state index in [2.05, 4.69) is 68.2 Å². The third kappa shape index (κ3) is 7.46. The molecule has 4 rings (SSSR count). The second-order valence-corrected chi connectivity index (χ2v) is 9.20. The number of carbonyl (C=O) groups excluding carboxylic acids is 1. The van der Waals surface area contributed by atoms with Gasteiger partial charge in [0.25, 0.3) is 0 Å². The van der Waals surface area contributed by atoms with E-state index in [9.17, 15) is 18.0 Å². The molecule has 0 atom stereocenters. The van der Waals surface area contributed by atoms with Crippen molar-refractivity contribution >= 4 is 29.7 Å². The number of rotatable bonds is 7. The minimum absolute atomic E-state index is 0.110. The second-order valence-electron chi connectivity index (χ2n) is 9.20. The molecule has 2 saturated heterocycles. The van der Waals surface area contributed by atoms with Gasteiger partial charge in [0.1, 0.15) is 5.54 Å². The Kier molecular flexibility index (Phi) is 9.89. The molecule has 11 nitrogen and oxygen atoms in total. The monoisotopic (exact) mass is 552 g/mol. The molecule has 2 aliphatic heterocycles. The highest BCUT2D eigenvalue weighted by atomic mass is 19.4. The molecular formula is C25H35F3N8O3. The number of alkyl halides is 3. The van der Waals surface area contributed by atoms with Crippen LogP contribution in [0.15, 0.2) is 18.2 Å². The highest BCUT2D eigenvalue weighted by Crippen LogP contribution is 2.27. The molecule has 2 aromatic rings. The standard InChI is InChI=1S/C23H34N8O.C2HF3O2/c1-4-16-7-6-8-17(5-2)18(16)15-26-21-28-20(24-3)29-22(30-21)31-13-9-23(10-14-31)19(32)25-11-12-27-23;3-2(4,5)1(6)7/h6-8,27H,4-5,9-15H2,1-3H3,(H,25,32)(H2,24,26,28,29,30);(H,6,7). The van der Waals surface area contributed by atoms with Gasteiger partial charge in [-0.1, -0.05) is 32.0 Å². The Morgan fingerprint density at radius 3 is 2.18 bits per heavy atom. The molecule has 39 heavy (non-hydrogen) atoms. The Bertz CT molecular complexity index is 1130. The van der Waals surface area contributed by atoms with Gasteiger partial charge in [-0.05, 0) is 42.4 Å². The first-order valence-corrected chi connectivity index (χ1v) is 12.9. The number of nitrogens with zero attached hydrogens (tertiary/aromatic N) is 4. The molecule has 0 bridgehead atoms. The fourth-order valence-electron chi connectivity index (χ4n) is 4.66. The van der Waals surface area contributed by atoms with Crippen LogP contribution in [0.4, 0.5) is 31.0 Å².